The molecule has 27 heavy (non-hydrogen) atoms. The number of aliphatic hydroxyl groups is 1. The second-order valence-corrected chi connectivity index (χ2v) is 7.53. The lowest BCUT2D eigenvalue weighted by Crippen LogP contribution is -2.55. The van der Waals surface area contributed by atoms with E-state index in [0.29, 0.717) is 30.9 Å². The number of carbonyl (C=O) groups excluding carboxylic acids is 1. The zero-order chi connectivity index (χ0) is 20.2. The molecule has 1 fully saturated rings. The van der Waals surface area contributed by atoms with Gasteiger partial charge in [0.15, 0.2) is 22.8 Å². The molecule has 150 valence electrons. The number of amides is 1. The molecule has 1 aliphatic heterocycles. The van der Waals surface area contributed by atoms with Gasteiger partial charge in [0, 0.05) is 6.54 Å². The number of benzene rings is 1. The molecule has 1 N–H and O–H groups in total. The van der Waals surface area contributed by atoms with E-state index in [9.17, 15) is 9.90 Å². The Morgan fingerprint density at radius 3 is 2.48 bits per heavy atom. The van der Waals surface area contributed by atoms with Gasteiger partial charge in [-0.05, 0) is 64.7 Å². The van der Waals surface area contributed by atoms with Crippen molar-refractivity contribution in [3.05, 3.63) is 35.4 Å². The highest BCUT2D eigenvalue weighted by Gasteiger charge is 2.58. The zero-order valence-electron chi connectivity index (χ0n) is 17.2. The molecule has 6 heteroatoms. The van der Waals surface area contributed by atoms with E-state index in [0.717, 1.165) is 12.0 Å². The van der Waals surface area contributed by atoms with Crippen LogP contribution in [0.3, 0.4) is 0 Å². The molecule has 0 aliphatic carbocycles. The fourth-order valence-corrected chi connectivity index (χ4v) is 3.32. The summed E-state index contributed by atoms with van der Waals surface area (Å²) in [6.45, 7) is 7.84. The molecule has 0 aromatic heterocycles. The molecule has 2 rings (SSSR count). The number of allylic oxidation sites excluding steroid dienone is 2. The normalized spacial score (nSPS) is 24.6. The predicted molar refractivity (Wildman–Crippen MR) is 104 cm³/mol. The van der Waals surface area contributed by atoms with Crippen LogP contribution in [0.15, 0.2) is 29.8 Å². The summed E-state index contributed by atoms with van der Waals surface area (Å²) in [5.74, 6) is 1.29. The van der Waals surface area contributed by atoms with Gasteiger partial charge in [-0.2, -0.15) is 0 Å². The summed E-state index contributed by atoms with van der Waals surface area (Å²) >= 11 is 0. The topological polar surface area (TPSA) is 68.2 Å². The second-order valence-electron chi connectivity index (χ2n) is 7.53. The Balaban J connectivity index is 2.10. The van der Waals surface area contributed by atoms with Crippen LogP contribution in [-0.4, -0.2) is 48.2 Å². The number of cyclic esters (lactones) is 1. The SMILES string of the molecule is COc1ccc(CCN2C(=O)O[C@](C)(CCC=C(C)C)[C@@]2(C)O)cc1OC. The molecule has 1 saturated heterocycles. The Morgan fingerprint density at radius 2 is 1.89 bits per heavy atom. The van der Waals surface area contributed by atoms with Crippen LogP contribution >= 0.6 is 0 Å². The zero-order valence-corrected chi connectivity index (χ0v) is 17.2. The van der Waals surface area contributed by atoms with Gasteiger partial charge in [-0.15, -0.1) is 0 Å². The molecule has 2 atom stereocenters. The summed E-state index contributed by atoms with van der Waals surface area (Å²) in [6, 6.07) is 5.63. The van der Waals surface area contributed by atoms with Crippen LogP contribution in [0.25, 0.3) is 0 Å². The maximum absolute atomic E-state index is 12.4. The van der Waals surface area contributed by atoms with Crippen molar-refractivity contribution < 1.29 is 24.1 Å². The fraction of sp³-hybridized carbons (Fsp3) is 0.571. The van der Waals surface area contributed by atoms with Crippen molar-refractivity contribution in [2.24, 2.45) is 0 Å². The van der Waals surface area contributed by atoms with Crippen LogP contribution < -0.4 is 9.47 Å². The molecule has 0 saturated carbocycles. The highest BCUT2D eigenvalue weighted by molar-refractivity contribution is 5.72. The van der Waals surface area contributed by atoms with Gasteiger partial charge in [-0.1, -0.05) is 17.7 Å². The Labute approximate surface area is 161 Å². The Morgan fingerprint density at radius 1 is 1.22 bits per heavy atom. The van der Waals surface area contributed by atoms with Crippen molar-refractivity contribution in [2.45, 2.75) is 58.3 Å². The van der Waals surface area contributed by atoms with Crippen LogP contribution in [0, 0.1) is 0 Å². The first-order chi connectivity index (χ1) is 12.6. The maximum atomic E-state index is 12.4. The van der Waals surface area contributed by atoms with Gasteiger partial charge in [-0.3, -0.25) is 4.90 Å². The molecule has 6 nitrogen and oxygen atoms in total. The van der Waals surface area contributed by atoms with Gasteiger partial charge in [0.05, 0.1) is 14.2 Å². The molecule has 0 spiro atoms. The van der Waals surface area contributed by atoms with Crippen molar-refractivity contribution in [2.75, 3.05) is 20.8 Å². The summed E-state index contributed by atoms with van der Waals surface area (Å²) < 4.78 is 16.2. The van der Waals surface area contributed by atoms with Crippen molar-refractivity contribution in [3.63, 3.8) is 0 Å². The largest absolute Gasteiger partial charge is 0.493 e. The van der Waals surface area contributed by atoms with E-state index in [2.05, 4.69) is 6.08 Å². The van der Waals surface area contributed by atoms with E-state index in [-0.39, 0.29) is 0 Å². The van der Waals surface area contributed by atoms with E-state index in [1.807, 2.05) is 32.0 Å². The van der Waals surface area contributed by atoms with Crippen LogP contribution in [0.4, 0.5) is 4.79 Å². The molecule has 1 aromatic rings. The molecular weight excluding hydrogens is 346 g/mol. The standard InChI is InChI=1S/C21H31NO5/c1-15(2)8-7-12-20(3)21(4,24)22(19(23)27-20)13-11-16-9-10-17(25-5)18(14-16)26-6/h8-10,14,24H,7,11-13H2,1-6H3/t20-,21-/m1/s1. The smallest absolute Gasteiger partial charge is 0.412 e. The molecule has 1 aromatic carbocycles. The van der Waals surface area contributed by atoms with Crippen molar-refractivity contribution in [3.8, 4) is 11.5 Å². The van der Waals surface area contributed by atoms with Crippen molar-refractivity contribution in [1.29, 1.82) is 0 Å². The highest BCUT2D eigenvalue weighted by Crippen LogP contribution is 2.41. The van der Waals surface area contributed by atoms with Gasteiger partial charge in [0.25, 0.3) is 0 Å². The molecule has 1 amide bonds. The summed E-state index contributed by atoms with van der Waals surface area (Å²) in [7, 11) is 3.17. The van der Waals surface area contributed by atoms with Crippen molar-refractivity contribution in [1.82, 2.24) is 4.90 Å². The number of ether oxygens (including phenoxy) is 3. The summed E-state index contributed by atoms with van der Waals surface area (Å²) in [6.07, 6.45) is 3.47. The third kappa shape index (κ3) is 4.38. The first-order valence-electron chi connectivity index (χ1n) is 9.22. The maximum Gasteiger partial charge on any atom is 0.412 e. The first kappa shape index (κ1) is 21.1. The average Bonchev–Trinajstić information content (AvgIpc) is 2.77. The molecule has 0 radical (unpaired) electrons. The summed E-state index contributed by atoms with van der Waals surface area (Å²) in [5.41, 5.74) is -0.147. The molecular formula is C21H31NO5. The van der Waals surface area contributed by atoms with E-state index in [1.165, 1.54) is 10.5 Å². The molecule has 1 aliphatic rings. The minimum absolute atomic E-state index is 0.347. The molecule has 0 unspecified atom stereocenters. The molecule has 1 heterocycles. The average molecular weight is 377 g/mol. The second kappa shape index (κ2) is 8.21. The van der Waals surface area contributed by atoms with Gasteiger partial charge < -0.3 is 19.3 Å². The third-order valence-corrected chi connectivity index (χ3v) is 5.31. The van der Waals surface area contributed by atoms with Gasteiger partial charge in [0.1, 0.15) is 0 Å². The number of rotatable bonds is 8. The van der Waals surface area contributed by atoms with E-state index in [4.69, 9.17) is 14.2 Å². The first-order valence-corrected chi connectivity index (χ1v) is 9.22. The van der Waals surface area contributed by atoms with Crippen LogP contribution in [0.5, 0.6) is 11.5 Å². The van der Waals surface area contributed by atoms with Gasteiger partial charge in [-0.25, -0.2) is 4.79 Å². The number of nitrogens with zero attached hydrogens (tertiary/aromatic N) is 1. The number of methoxy groups -OCH3 is 2. The summed E-state index contributed by atoms with van der Waals surface area (Å²) in [4.78, 5) is 13.8. The van der Waals surface area contributed by atoms with Crippen LogP contribution in [0.1, 0.15) is 46.1 Å². The van der Waals surface area contributed by atoms with Crippen LogP contribution in [-0.2, 0) is 11.2 Å². The third-order valence-electron chi connectivity index (χ3n) is 5.31. The van der Waals surface area contributed by atoms with E-state index in [1.54, 1.807) is 28.1 Å². The van der Waals surface area contributed by atoms with Gasteiger partial charge in [0.2, 0.25) is 0 Å². The van der Waals surface area contributed by atoms with Gasteiger partial charge >= 0.3 is 6.09 Å². The van der Waals surface area contributed by atoms with E-state index >= 15 is 0 Å². The minimum Gasteiger partial charge on any atom is -0.493 e. The lowest BCUT2D eigenvalue weighted by Gasteiger charge is -2.37. The number of carbonyl (C=O) groups is 1. The fourth-order valence-electron chi connectivity index (χ4n) is 3.32. The number of hydrogen-bond acceptors (Lipinski definition) is 5. The quantitative estimate of drug-likeness (QED) is 0.696. The van der Waals surface area contributed by atoms with Crippen LogP contribution in [0.2, 0.25) is 0 Å². The Kier molecular flexibility index (Phi) is 6.42. The monoisotopic (exact) mass is 377 g/mol. The highest BCUT2D eigenvalue weighted by atomic mass is 16.6. The predicted octanol–water partition coefficient (Wildman–Crippen LogP) is 3.91. The minimum atomic E-state index is -1.38. The van der Waals surface area contributed by atoms with Crippen molar-refractivity contribution >= 4 is 6.09 Å². The Bertz CT molecular complexity index is 709. The van der Waals surface area contributed by atoms with E-state index < -0.39 is 17.4 Å². The Hall–Kier alpha value is -2.21. The lowest BCUT2D eigenvalue weighted by atomic mass is 9.88. The lowest BCUT2D eigenvalue weighted by molar-refractivity contribution is -0.138. The summed E-state index contributed by atoms with van der Waals surface area (Å²) in [5, 5.41) is 11.1. The molecule has 0 bridgehead atoms. The number of hydrogen-bond donors (Lipinski definition) is 1.